The molecule has 27 heavy (non-hydrogen) atoms. The number of nitrogens with one attached hydrogen (secondary N) is 1. The Morgan fingerprint density at radius 2 is 1.96 bits per heavy atom. The lowest BCUT2D eigenvalue weighted by molar-refractivity contribution is -0.385. The Balaban J connectivity index is 1.63. The van der Waals surface area contributed by atoms with Gasteiger partial charge in [0, 0.05) is 40.4 Å². The van der Waals surface area contributed by atoms with Gasteiger partial charge < -0.3 is 5.32 Å². The van der Waals surface area contributed by atoms with Crippen molar-refractivity contribution in [3.63, 3.8) is 0 Å². The highest BCUT2D eigenvalue weighted by molar-refractivity contribution is 9.10. The standard InChI is InChI=1S/C19H14BrN3O3S/c20-17-8-3-14(10-18(17)23(25)26)19(24)22-15-4-6-16(7-5-15)27-12-13-2-1-9-21-11-13/h1-11H,12H2,(H,22,24). The summed E-state index contributed by atoms with van der Waals surface area (Å²) in [5, 5.41) is 13.7. The minimum absolute atomic E-state index is 0.148. The van der Waals surface area contributed by atoms with E-state index in [-0.39, 0.29) is 11.3 Å². The predicted octanol–water partition coefficient (Wildman–Crippen LogP) is 5.30. The number of pyridine rings is 1. The number of carbonyl (C=O) groups excluding carboxylic acids is 1. The van der Waals surface area contributed by atoms with Crippen LogP contribution < -0.4 is 5.32 Å². The van der Waals surface area contributed by atoms with Gasteiger partial charge in [0.25, 0.3) is 11.6 Å². The summed E-state index contributed by atoms with van der Waals surface area (Å²) < 4.78 is 0.332. The van der Waals surface area contributed by atoms with Crippen molar-refractivity contribution in [3.05, 3.63) is 92.7 Å². The van der Waals surface area contributed by atoms with E-state index in [2.05, 4.69) is 26.2 Å². The number of hydrogen-bond acceptors (Lipinski definition) is 5. The zero-order valence-electron chi connectivity index (χ0n) is 14.0. The highest BCUT2D eigenvalue weighted by atomic mass is 79.9. The van der Waals surface area contributed by atoms with E-state index in [0.717, 1.165) is 16.2 Å². The van der Waals surface area contributed by atoms with Crippen molar-refractivity contribution in [1.29, 1.82) is 0 Å². The van der Waals surface area contributed by atoms with Crippen molar-refractivity contribution < 1.29 is 9.72 Å². The van der Waals surface area contributed by atoms with E-state index in [9.17, 15) is 14.9 Å². The first-order valence-corrected chi connectivity index (χ1v) is 9.68. The molecule has 136 valence electrons. The highest BCUT2D eigenvalue weighted by Crippen LogP contribution is 2.27. The number of rotatable bonds is 6. The number of carbonyl (C=O) groups is 1. The average molecular weight is 444 g/mol. The topological polar surface area (TPSA) is 85.1 Å². The highest BCUT2D eigenvalue weighted by Gasteiger charge is 2.16. The summed E-state index contributed by atoms with van der Waals surface area (Å²) in [6, 6.07) is 15.6. The predicted molar refractivity (Wildman–Crippen MR) is 109 cm³/mol. The number of benzene rings is 2. The molecule has 0 atom stereocenters. The molecular formula is C19H14BrN3O3S. The maximum atomic E-state index is 12.3. The van der Waals surface area contributed by atoms with Gasteiger partial charge in [-0.25, -0.2) is 0 Å². The summed E-state index contributed by atoms with van der Waals surface area (Å²) in [5.41, 5.74) is 1.83. The van der Waals surface area contributed by atoms with Crippen LogP contribution in [0.1, 0.15) is 15.9 Å². The number of nitro benzene ring substituents is 1. The van der Waals surface area contributed by atoms with E-state index in [1.54, 1.807) is 30.1 Å². The fourth-order valence-corrected chi connectivity index (χ4v) is 3.51. The third-order valence-electron chi connectivity index (χ3n) is 3.65. The largest absolute Gasteiger partial charge is 0.322 e. The molecule has 0 aliphatic carbocycles. The van der Waals surface area contributed by atoms with E-state index in [1.165, 1.54) is 18.2 Å². The molecule has 0 saturated carbocycles. The van der Waals surface area contributed by atoms with Crippen LogP contribution in [0.2, 0.25) is 0 Å². The number of anilines is 1. The number of amides is 1. The zero-order chi connectivity index (χ0) is 19.2. The minimum Gasteiger partial charge on any atom is -0.322 e. The van der Waals surface area contributed by atoms with Crippen molar-refractivity contribution in [1.82, 2.24) is 4.98 Å². The number of thioether (sulfide) groups is 1. The van der Waals surface area contributed by atoms with Crippen LogP contribution in [0.15, 0.2) is 76.4 Å². The van der Waals surface area contributed by atoms with E-state index < -0.39 is 10.8 Å². The zero-order valence-corrected chi connectivity index (χ0v) is 16.4. The van der Waals surface area contributed by atoms with Gasteiger partial charge in [-0.15, -0.1) is 11.8 Å². The van der Waals surface area contributed by atoms with E-state index in [4.69, 9.17) is 0 Å². The Hall–Kier alpha value is -2.71. The normalized spacial score (nSPS) is 10.4. The molecule has 2 aromatic carbocycles. The second-order valence-corrected chi connectivity index (χ2v) is 7.45. The second-order valence-electron chi connectivity index (χ2n) is 5.55. The lowest BCUT2D eigenvalue weighted by Crippen LogP contribution is -2.12. The third-order valence-corrected chi connectivity index (χ3v) is 5.40. The summed E-state index contributed by atoms with van der Waals surface area (Å²) in [5.74, 6) is 0.406. The van der Waals surface area contributed by atoms with E-state index >= 15 is 0 Å². The fourth-order valence-electron chi connectivity index (χ4n) is 2.28. The summed E-state index contributed by atoms with van der Waals surface area (Å²) in [4.78, 5) is 28.0. The lowest BCUT2D eigenvalue weighted by atomic mass is 10.2. The van der Waals surface area contributed by atoms with Crippen LogP contribution in [-0.2, 0) is 5.75 Å². The quantitative estimate of drug-likeness (QED) is 0.317. The molecule has 0 unspecified atom stereocenters. The van der Waals surface area contributed by atoms with E-state index in [1.807, 2.05) is 30.5 Å². The maximum Gasteiger partial charge on any atom is 0.284 e. The van der Waals surface area contributed by atoms with Gasteiger partial charge in [-0.3, -0.25) is 19.9 Å². The first-order chi connectivity index (χ1) is 13.0. The number of nitrogens with zero attached hydrogens (tertiary/aromatic N) is 2. The van der Waals surface area contributed by atoms with Gasteiger partial charge in [0.2, 0.25) is 0 Å². The van der Waals surface area contributed by atoms with Crippen LogP contribution >= 0.6 is 27.7 Å². The van der Waals surface area contributed by atoms with Crippen LogP contribution in [0.25, 0.3) is 0 Å². The van der Waals surface area contributed by atoms with Crippen LogP contribution in [0.3, 0.4) is 0 Å². The molecule has 1 N–H and O–H groups in total. The van der Waals surface area contributed by atoms with Gasteiger partial charge in [-0.2, -0.15) is 0 Å². The summed E-state index contributed by atoms with van der Waals surface area (Å²) in [6.45, 7) is 0. The Morgan fingerprint density at radius 1 is 1.19 bits per heavy atom. The fraction of sp³-hybridized carbons (Fsp3) is 0.0526. The Labute approximate surface area is 168 Å². The molecule has 8 heteroatoms. The molecule has 3 rings (SSSR count). The number of hydrogen-bond donors (Lipinski definition) is 1. The molecule has 0 fully saturated rings. The second kappa shape index (κ2) is 8.79. The van der Waals surface area contributed by atoms with Crippen molar-refractivity contribution in [2.75, 3.05) is 5.32 Å². The molecule has 6 nitrogen and oxygen atoms in total. The van der Waals surface area contributed by atoms with Crippen LogP contribution in [0.5, 0.6) is 0 Å². The molecule has 0 aliphatic heterocycles. The van der Waals surface area contributed by atoms with Gasteiger partial charge in [-0.1, -0.05) is 6.07 Å². The molecule has 0 aliphatic rings. The molecule has 1 aromatic heterocycles. The number of halogens is 1. The number of nitro groups is 1. The molecule has 0 bridgehead atoms. The first kappa shape index (κ1) is 19.1. The number of aromatic nitrogens is 1. The average Bonchev–Trinajstić information content (AvgIpc) is 2.68. The van der Waals surface area contributed by atoms with Crippen LogP contribution in [0, 0.1) is 10.1 Å². The lowest BCUT2D eigenvalue weighted by Gasteiger charge is -2.07. The van der Waals surface area contributed by atoms with Gasteiger partial charge in [0.15, 0.2) is 0 Å². The molecule has 0 saturated heterocycles. The monoisotopic (exact) mass is 443 g/mol. The summed E-state index contributed by atoms with van der Waals surface area (Å²) >= 11 is 4.78. The first-order valence-electron chi connectivity index (χ1n) is 7.90. The van der Waals surface area contributed by atoms with Crippen molar-refractivity contribution in [2.45, 2.75) is 10.6 Å². The van der Waals surface area contributed by atoms with E-state index in [0.29, 0.717) is 10.2 Å². The van der Waals surface area contributed by atoms with Crippen LogP contribution in [-0.4, -0.2) is 15.8 Å². The Bertz CT molecular complexity index is 966. The molecular weight excluding hydrogens is 430 g/mol. The SMILES string of the molecule is O=C(Nc1ccc(SCc2cccnc2)cc1)c1ccc(Br)c([N+](=O)[O-])c1. The van der Waals surface area contributed by atoms with Gasteiger partial charge in [-0.05, 0) is 64.0 Å². The van der Waals surface area contributed by atoms with Crippen molar-refractivity contribution in [2.24, 2.45) is 0 Å². The molecule has 0 radical (unpaired) electrons. The molecule has 0 spiro atoms. The Morgan fingerprint density at radius 3 is 2.63 bits per heavy atom. The van der Waals surface area contributed by atoms with Crippen molar-refractivity contribution in [3.8, 4) is 0 Å². The van der Waals surface area contributed by atoms with Crippen molar-refractivity contribution >= 4 is 45.0 Å². The molecule has 1 amide bonds. The Kier molecular flexibility index (Phi) is 6.20. The third kappa shape index (κ3) is 5.15. The smallest absolute Gasteiger partial charge is 0.284 e. The van der Waals surface area contributed by atoms with Gasteiger partial charge in [0.1, 0.15) is 0 Å². The summed E-state index contributed by atoms with van der Waals surface area (Å²) in [7, 11) is 0. The molecule has 3 aromatic rings. The van der Waals surface area contributed by atoms with Gasteiger partial charge in [0.05, 0.1) is 9.40 Å². The van der Waals surface area contributed by atoms with Gasteiger partial charge >= 0.3 is 0 Å². The summed E-state index contributed by atoms with van der Waals surface area (Å²) in [6.07, 6.45) is 3.57. The maximum absolute atomic E-state index is 12.3. The minimum atomic E-state index is -0.533. The van der Waals surface area contributed by atoms with Crippen LogP contribution in [0.4, 0.5) is 11.4 Å². The molecule has 1 heterocycles.